The number of unbranched alkanes of at least 4 members (excludes halogenated alkanes) is 1. The van der Waals surface area contributed by atoms with Crippen molar-refractivity contribution in [3.05, 3.63) is 77.4 Å². The van der Waals surface area contributed by atoms with Crippen LogP contribution in [0.3, 0.4) is 0 Å². The fourth-order valence-corrected chi connectivity index (χ4v) is 6.65. The molecular formula is C32H29N3O3. The highest BCUT2D eigenvalue weighted by atomic mass is 16.5. The predicted molar refractivity (Wildman–Crippen MR) is 151 cm³/mol. The minimum atomic E-state index is -0.887. The van der Waals surface area contributed by atoms with Crippen LogP contribution in [-0.2, 0) is 5.41 Å². The maximum atomic E-state index is 13.5. The number of hydrogen-bond donors (Lipinski definition) is 0. The van der Waals surface area contributed by atoms with Crippen molar-refractivity contribution in [2.75, 3.05) is 18.5 Å². The van der Waals surface area contributed by atoms with Gasteiger partial charge in [-0.1, -0.05) is 55.8 Å². The Bertz CT molecular complexity index is 1740. The largest absolute Gasteiger partial charge is 0.459 e. The van der Waals surface area contributed by atoms with Crippen molar-refractivity contribution in [1.82, 2.24) is 4.90 Å². The molecule has 4 aromatic carbocycles. The average molecular weight is 504 g/mol. The Balaban J connectivity index is 1.42. The molecule has 7 rings (SSSR count). The number of benzene rings is 4. The van der Waals surface area contributed by atoms with Crippen molar-refractivity contribution in [3.63, 3.8) is 0 Å². The highest BCUT2D eigenvalue weighted by Crippen LogP contribution is 2.56. The third-order valence-corrected chi connectivity index (χ3v) is 8.70. The molecule has 190 valence electrons. The molecule has 2 amide bonds. The average Bonchev–Trinajstić information content (AvgIpc) is 3.09. The molecule has 1 spiro atoms. The summed E-state index contributed by atoms with van der Waals surface area (Å²) in [6.45, 7) is 6.86. The van der Waals surface area contributed by atoms with Gasteiger partial charge in [-0.05, 0) is 54.8 Å². The topological polar surface area (TPSA) is 62.2 Å². The van der Waals surface area contributed by atoms with E-state index in [0.717, 1.165) is 23.9 Å². The summed E-state index contributed by atoms with van der Waals surface area (Å²) in [6.07, 6.45) is 3.56. The van der Waals surface area contributed by atoms with Crippen LogP contribution < -0.4 is 9.64 Å². The first-order valence-corrected chi connectivity index (χ1v) is 13.3. The number of carbonyl (C=O) groups is 2. The Labute approximate surface area is 221 Å². The van der Waals surface area contributed by atoms with Gasteiger partial charge in [0.2, 0.25) is 5.72 Å². The Kier molecular flexibility index (Phi) is 4.63. The lowest BCUT2D eigenvalue weighted by molar-refractivity contribution is 0.0608. The molecule has 1 unspecified atom stereocenters. The van der Waals surface area contributed by atoms with E-state index in [1.165, 1.54) is 21.2 Å². The number of nitrogens with zero attached hydrogens (tertiary/aromatic N) is 3. The Hall–Kier alpha value is -4.19. The maximum Gasteiger partial charge on any atom is 0.261 e. The number of carbonyl (C=O) groups excluding carboxylic acids is 2. The molecule has 4 aromatic rings. The number of amides is 2. The van der Waals surface area contributed by atoms with Crippen molar-refractivity contribution < 1.29 is 14.3 Å². The van der Waals surface area contributed by atoms with E-state index in [1.807, 2.05) is 25.4 Å². The van der Waals surface area contributed by atoms with Crippen LogP contribution >= 0.6 is 0 Å². The lowest BCUT2D eigenvalue weighted by Gasteiger charge is -2.45. The molecule has 6 heteroatoms. The minimum absolute atomic E-state index is 0.243. The van der Waals surface area contributed by atoms with Gasteiger partial charge in [-0.25, -0.2) is 0 Å². The molecule has 0 bridgehead atoms. The van der Waals surface area contributed by atoms with E-state index in [2.05, 4.69) is 62.1 Å². The molecule has 0 radical (unpaired) electrons. The van der Waals surface area contributed by atoms with Crippen LogP contribution in [-0.4, -0.2) is 42.2 Å². The molecule has 3 aliphatic rings. The number of rotatable bonds is 3. The van der Waals surface area contributed by atoms with Gasteiger partial charge in [0, 0.05) is 35.6 Å². The lowest BCUT2D eigenvalue weighted by atomic mass is 9.75. The standard InChI is InChI=1S/C32H29N3O3/c1-5-6-16-35-29(36)22-13-9-12-21-26(22)23(30(35)37)17-24-28(21)38-32(18-33-24)31(2,3)27-20-11-8-7-10-19(20)14-15-25(27)34(32)4/h7-15,17-18H,5-6,16H2,1-4H3. The maximum absolute atomic E-state index is 13.5. The quantitative estimate of drug-likeness (QED) is 0.295. The number of aliphatic imine (C=N–C) groups is 1. The summed E-state index contributed by atoms with van der Waals surface area (Å²) >= 11 is 0. The zero-order valence-electron chi connectivity index (χ0n) is 22.0. The van der Waals surface area contributed by atoms with E-state index in [1.54, 1.807) is 12.1 Å². The van der Waals surface area contributed by atoms with E-state index in [0.29, 0.717) is 34.5 Å². The molecule has 6 nitrogen and oxygen atoms in total. The molecule has 0 saturated heterocycles. The first-order chi connectivity index (χ1) is 18.3. The van der Waals surface area contributed by atoms with Crippen molar-refractivity contribution >= 4 is 50.9 Å². The number of ether oxygens (including phenoxy) is 1. The monoisotopic (exact) mass is 503 g/mol. The fourth-order valence-electron chi connectivity index (χ4n) is 6.65. The van der Waals surface area contributed by atoms with Crippen molar-refractivity contribution in [1.29, 1.82) is 0 Å². The van der Waals surface area contributed by atoms with Crippen molar-refractivity contribution in [2.45, 2.75) is 44.8 Å². The number of imide groups is 1. The molecule has 0 N–H and O–H groups in total. The number of fused-ring (bicyclic) bond motifs is 5. The molecule has 0 fully saturated rings. The summed E-state index contributed by atoms with van der Waals surface area (Å²) in [5.74, 6) is 0.100. The van der Waals surface area contributed by atoms with Gasteiger partial charge in [-0.15, -0.1) is 0 Å². The van der Waals surface area contributed by atoms with Gasteiger partial charge in [0.1, 0.15) is 5.69 Å². The van der Waals surface area contributed by atoms with E-state index in [-0.39, 0.29) is 11.8 Å². The van der Waals surface area contributed by atoms with Gasteiger partial charge in [0.25, 0.3) is 11.8 Å². The third kappa shape index (κ3) is 2.70. The van der Waals surface area contributed by atoms with E-state index >= 15 is 0 Å². The molecule has 0 aliphatic carbocycles. The van der Waals surface area contributed by atoms with Crippen LogP contribution in [0.5, 0.6) is 5.75 Å². The van der Waals surface area contributed by atoms with Crippen molar-refractivity contribution in [3.8, 4) is 5.75 Å². The van der Waals surface area contributed by atoms with Gasteiger partial charge >= 0.3 is 0 Å². The van der Waals surface area contributed by atoms with Crippen LogP contribution in [0.4, 0.5) is 11.4 Å². The zero-order chi connectivity index (χ0) is 26.4. The second kappa shape index (κ2) is 7.67. The van der Waals surface area contributed by atoms with Crippen LogP contribution in [0.2, 0.25) is 0 Å². The summed E-state index contributed by atoms with van der Waals surface area (Å²) in [5, 5.41) is 3.78. The molecule has 38 heavy (non-hydrogen) atoms. The number of anilines is 1. The Morgan fingerprint density at radius 2 is 1.68 bits per heavy atom. The summed E-state index contributed by atoms with van der Waals surface area (Å²) < 4.78 is 7.03. The third-order valence-electron chi connectivity index (χ3n) is 8.70. The summed E-state index contributed by atoms with van der Waals surface area (Å²) in [5.41, 5.74) is 2.63. The van der Waals surface area contributed by atoms with Crippen LogP contribution in [0.1, 0.15) is 59.9 Å². The molecule has 0 aromatic heterocycles. The minimum Gasteiger partial charge on any atom is -0.459 e. The van der Waals surface area contributed by atoms with Crippen LogP contribution in [0, 0.1) is 0 Å². The smallest absolute Gasteiger partial charge is 0.261 e. The molecule has 0 saturated carbocycles. The van der Waals surface area contributed by atoms with Crippen molar-refractivity contribution in [2.24, 2.45) is 4.99 Å². The second-order valence-corrected chi connectivity index (χ2v) is 11.0. The van der Waals surface area contributed by atoms with Crippen LogP contribution in [0.25, 0.3) is 21.5 Å². The molecule has 1 atom stereocenters. The van der Waals surface area contributed by atoms with Gasteiger partial charge in [-0.2, -0.15) is 0 Å². The lowest BCUT2D eigenvalue weighted by Crippen LogP contribution is -2.61. The van der Waals surface area contributed by atoms with Gasteiger partial charge in [-0.3, -0.25) is 19.5 Å². The number of hydrogen-bond acceptors (Lipinski definition) is 5. The zero-order valence-corrected chi connectivity index (χ0v) is 22.0. The molecule has 3 heterocycles. The first-order valence-electron chi connectivity index (χ1n) is 13.3. The molecular weight excluding hydrogens is 474 g/mol. The van der Waals surface area contributed by atoms with E-state index in [4.69, 9.17) is 9.73 Å². The van der Waals surface area contributed by atoms with Gasteiger partial charge in [0.15, 0.2) is 5.75 Å². The summed E-state index contributed by atoms with van der Waals surface area (Å²) in [6, 6.07) is 20.1. The number of likely N-dealkylation sites (N-methyl/N-ethyl adjacent to an activating group) is 1. The van der Waals surface area contributed by atoms with E-state index < -0.39 is 11.1 Å². The summed E-state index contributed by atoms with van der Waals surface area (Å²) in [7, 11) is 2.04. The normalized spacial score (nSPS) is 20.8. The fraction of sp³-hybridized carbons (Fsp3) is 0.281. The molecule has 3 aliphatic heterocycles. The predicted octanol–water partition coefficient (Wildman–Crippen LogP) is 6.61. The summed E-state index contributed by atoms with van der Waals surface area (Å²) in [4.78, 5) is 35.4. The van der Waals surface area contributed by atoms with Gasteiger partial charge < -0.3 is 9.64 Å². The highest BCUT2D eigenvalue weighted by Gasteiger charge is 2.59. The Morgan fingerprint density at radius 1 is 0.921 bits per heavy atom. The van der Waals surface area contributed by atoms with Gasteiger partial charge in [0.05, 0.1) is 17.2 Å². The van der Waals surface area contributed by atoms with E-state index in [9.17, 15) is 9.59 Å². The second-order valence-electron chi connectivity index (χ2n) is 11.0. The van der Waals surface area contributed by atoms with Crippen LogP contribution in [0.15, 0.2) is 65.7 Å². The SMILES string of the molecule is CCCCN1C(=O)c2cccc3c4c(cc(c23)C1=O)N=CC1(O4)N(C)c2ccc3ccccc3c2C1(C)C. The first kappa shape index (κ1) is 23.0. The highest BCUT2D eigenvalue weighted by molar-refractivity contribution is 6.27. The Morgan fingerprint density at radius 3 is 2.50 bits per heavy atom.